The molecule has 1 aliphatic heterocycles. The van der Waals surface area contributed by atoms with Crippen molar-refractivity contribution in [1.29, 1.82) is 0 Å². The van der Waals surface area contributed by atoms with Crippen LogP contribution in [0, 0.1) is 0 Å². The topological polar surface area (TPSA) is 72.9 Å². The molecule has 1 aromatic heterocycles. The smallest absolute Gasteiger partial charge is 0.255 e. The minimum atomic E-state index is -0.223. The van der Waals surface area contributed by atoms with E-state index in [1.807, 2.05) is 30.5 Å². The van der Waals surface area contributed by atoms with Gasteiger partial charge in [0, 0.05) is 36.5 Å². The molecule has 7 heteroatoms. The molecule has 7 nitrogen and oxygen atoms in total. The van der Waals surface area contributed by atoms with E-state index in [-0.39, 0.29) is 5.91 Å². The van der Waals surface area contributed by atoms with Crippen molar-refractivity contribution in [2.75, 3.05) is 50.7 Å². The number of anilines is 2. The first-order valence-corrected chi connectivity index (χ1v) is 10.1. The Hall–Kier alpha value is -3.58. The predicted octanol–water partition coefficient (Wildman–Crippen LogP) is 3.85. The van der Waals surface area contributed by atoms with Crippen molar-refractivity contribution in [1.82, 2.24) is 4.98 Å². The van der Waals surface area contributed by atoms with Crippen molar-refractivity contribution < 1.29 is 19.0 Å². The van der Waals surface area contributed by atoms with Gasteiger partial charge in [-0.2, -0.15) is 0 Å². The molecule has 4 rings (SSSR count). The first-order valence-electron chi connectivity index (χ1n) is 10.1. The van der Waals surface area contributed by atoms with Crippen LogP contribution in [0.3, 0.4) is 0 Å². The Bertz CT molecular complexity index is 1030. The van der Waals surface area contributed by atoms with Gasteiger partial charge < -0.3 is 24.4 Å². The summed E-state index contributed by atoms with van der Waals surface area (Å²) in [5, 5.41) is 2.88. The third-order valence-corrected chi connectivity index (χ3v) is 5.22. The number of aromatic nitrogens is 1. The van der Waals surface area contributed by atoms with E-state index in [0.717, 1.165) is 43.2 Å². The number of amides is 1. The minimum absolute atomic E-state index is 0.223. The van der Waals surface area contributed by atoms with Gasteiger partial charge in [0.25, 0.3) is 5.91 Å². The summed E-state index contributed by atoms with van der Waals surface area (Å²) in [6.45, 7) is 3.17. The van der Waals surface area contributed by atoms with Crippen LogP contribution in [0.2, 0.25) is 0 Å². The SMILES string of the molecule is COc1ccc(OC)c(NC(=O)c2ccc(-c3ccc(N4CCOCC4)nc3)cc2)c1. The van der Waals surface area contributed by atoms with Crippen molar-refractivity contribution in [2.45, 2.75) is 0 Å². The number of carbonyl (C=O) groups excluding carboxylic acids is 1. The maximum Gasteiger partial charge on any atom is 0.255 e. The van der Waals surface area contributed by atoms with Gasteiger partial charge in [0.05, 0.1) is 33.1 Å². The monoisotopic (exact) mass is 419 g/mol. The fraction of sp³-hybridized carbons (Fsp3) is 0.250. The summed E-state index contributed by atoms with van der Waals surface area (Å²) in [5.74, 6) is 1.94. The van der Waals surface area contributed by atoms with Gasteiger partial charge in [-0.1, -0.05) is 12.1 Å². The van der Waals surface area contributed by atoms with E-state index in [0.29, 0.717) is 22.7 Å². The number of pyridine rings is 1. The van der Waals surface area contributed by atoms with Gasteiger partial charge in [0.2, 0.25) is 0 Å². The summed E-state index contributed by atoms with van der Waals surface area (Å²) >= 11 is 0. The van der Waals surface area contributed by atoms with Gasteiger partial charge in [-0.15, -0.1) is 0 Å². The second-order valence-electron chi connectivity index (χ2n) is 7.10. The lowest BCUT2D eigenvalue weighted by Crippen LogP contribution is -2.36. The van der Waals surface area contributed by atoms with Gasteiger partial charge in [-0.3, -0.25) is 4.79 Å². The third-order valence-electron chi connectivity index (χ3n) is 5.22. The lowest BCUT2D eigenvalue weighted by molar-refractivity contribution is 0.102. The van der Waals surface area contributed by atoms with E-state index in [2.05, 4.69) is 15.2 Å². The van der Waals surface area contributed by atoms with Crippen LogP contribution >= 0.6 is 0 Å². The highest BCUT2D eigenvalue weighted by molar-refractivity contribution is 6.05. The average molecular weight is 419 g/mol. The molecule has 1 saturated heterocycles. The predicted molar refractivity (Wildman–Crippen MR) is 120 cm³/mol. The highest BCUT2D eigenvalue weighted by atomic mass is 16.5. The van der Waals surface area contributed by atoms with E-state index >= 15 is 0 Å². The van der Waals surface area contributed by atoms with Crippen LogP contribution in [-0.4, -0.2) is 51.4 Å². The quantitative estimate of drug-likeness (QED) is 0.654. The number of ether oxygens (including phenoxy) is 3. The lowest BCUT2D eigenvalue weighted by Gasteiger charge is -2.27. The number of benzene rings is 2. The van der Waals surface area contributed by atoms with E-state index < -0.39 is 0 Å². The Morgan fingerprint density at radius 2 is 1.71 bits per heavy atom. The lowest BCUT2D eigenvalue weighted by atomic mass is 10.1. The summed E-state index contributed by atoms with van der Waals surface area (Å²) in [6.07, 6.45) is 1.86. The highest BCUT2D eigenvalue weighted by Gasteiger charge is 2.13. The Labute approximate surface area is 181 Å². The van der Waals surface area contributed by atoms with E-state index in [4.69, 9.17) is 14.2 Å². The molecule has 0 saturated carbocycles. The number of nitrogens with one attached hydrogen (secondary N) is 1. The highest BCUT2D eigenvalue weighted by Crippen LogP contribution is 2.29. The second-order valence-corrected chi connectivity index (χ2v) is 7.10. The molecule has 2 aromatic carbocycles. The number of methoxy groups -OCH3 is 2. The minimum Gasteiger partial charge on any atom is -0.497 e. The maximum atomic E-state index is 12.7. The Morgan fingerprint density at radius 3 is 2.35 bits per heavy atom. The zero-order valence-corrected chi connectivity index (χ0v) is 17.6. The van der Waals surface area contributed by atoms with E-state index in [1.165, 1.54) is 0 Å². The molecular weight excluding hydrogens is 394 g/mol. The zero-order valence-electron chi connectivity index (χ0n) is 17.6. The van der Waals surface area contributed by atoms with Gasteiger partial charge in [0.1, 0.15) is 17.3 Å². The first kappa shape index (κ1) is 20.7. The first-order chi connectivity index (χ1) is 15.2. The zero-order chi connectivity index (χ0) is 21.6. The fourth-order valence-electron chi connectivity index (χ4n) is 3.46. The number of morpholine rings is 1. The largest absolute Gasteiger partial charge is 0.497 e. The molecule has 3 aromatic rings. The van der Waals surface area contributed by atoms with Crippen LogP contribution < -0.4 is 19.7 Å². The fourth-order valence-corrected chi connectivity index (χ4v) is 3.46. The molecule has 160 valence electrons. The molecule has 0 radical (unpaired) electrons. The second kappa shape index (κ2) is 9.49. The van der Waals surface area contributed by atoms with Crippen molar-refractivity contribution in [2.24, 2.45) is 0 Å². The molecule has 0 spiro atoms. The van der Waals surface area contributed by atoms with Crippen LogP contribution in [0.15, 0.2) is 60.8 Å². The molecule has 0 aliphatic carbocycles. The molecule has 0 unspecified atom stereocenters. The van der Waals surface area contributed by atoms with Crippen molar-refractivity contribution in [3.63, 3.8) is 0 Å². The molecule has 1 fully saturated rings. The van der Waals surface area contributed by atoms with Gasteiger partial charge in [-0.05, 0) is 42.0 Å². The number of carbonyl (C=O) groups is 1. The molecule has 1 aliphatic rings. The Balaban J connectivity index is 1.46. The summed E-state index contributed by atoms with van der Waals surface area (Å²) in [4.78, 5) is 19.5. The molecule has 31 heavy (non-hydrogen) atoms. The molecule has 2 heterocycles. The number of hydrogen-bond donors (Lipinski definition) is 1. The van der Waals surface area contributed by atoms with Gasteiger partial charge in [0.15, 0.2) is 0 Å². The third kappa shape index (κ3) is 4.78. The van der Waals surface area contributed by atoms with Crippen LogP contribution in [0.1, 0.15) is 10.4 Å². The standard InChI is InChI=1S/C24H25N3O4/c1-29-20-8-9-22(30-2)21(15-20)26-24(28)18-5-3-17(4-6-18)19-7-10-23(25-16-19)27-11-13-31-14-12-27/h3-10,15-16H,11-14H2,1-2H3,(H,26,28). The molecular formula is C24H25N3O4. The average Bonchev–Trinajstić information content (AvgIpc) is 2.84. The number of nitrogens with zero attached hydrogens (tertiary/aromatic N) is 2. The summed E-state index contributed by atoms with van der Waals surface area (Å²) in [7, 11) is 3.14. The van der Waals surface area contributed by atoms with Crippen LogP contribution in [-0.2, 0) is 4.74 Å². The summed E-state index contributed by atoms with van der Waals surface area (Å²) < 4.78 is 15.9. The Morgan fingerprint density at radius 1 is 0.968 bits per heavy atom. The van der Waals surface area contributed by atoms with Crippen LogP contribution in [0.5, 0.6) is 11.5 Å². The molecule has 0 atom stereocenters. The molecule has 0 bridgehead atoms. The van der Waals surface area contributed by atoms with Crippen LogP contribution in [0.4, 0.5) is 11.5 Å². The molecule has 1 N–H and O–H groups in total. The van der Waals surface area contributed by atoms with Crippen LogP contribution in [0.25, 0.3) is 11.1 Å². The van der Waals surface area contributed by atoms with Crippen molar-refractivity contribution in [3.05, 3.63) is 66.4 Å². The van der Waals surface area contributed by atoms with E-state index in [1.54, 1.807) is 44.6 Å². The van der Waals surface area contributed by atoms with Crippen molar-refractivity contribution in [3.8, 4) is 22.6 Å². The van der Waals surface area contributed by atoms with Gasteiger partial charge in [-0.25, -0.2) is 4.98 Å². The normalized spacial score (nSPS) is 13.5. The summed E-state index contributed by atoms with van der Waals surface area (Å²) in [6, 6.07) is 16.8. The van der Waals surface area contributed by atoms with Gasteiger partial charge >= 0.3 is 0 Å². The molecule has 1 amide bonds. The maximum absolute atomic E-state index is 12.7. The summed E-state index contributed by atoms with van der Waals surface area (Å²) in [5.41, 5.74) is 3.10. The van der Waals surface area contributed by atoms with Crippen molar-refractivity contribution >= 4 is 17.4 Å². The number of rotatable bonds is 6. The van der Waals surface area contributed by atoms with E-state index in [9.17, 15) is 4.79 Å². The number of hydrogen-bond acceptors (Lipinski definition) is 6. The Kier molecular flexibility index (Phi) is 6.33.